The third kappa shape index (κ3) is 3.17. The van der Waals surface area contributed by atoms with Crippen LogP contribution in [-0.4, -0.2) is 28.3 Å². The molecule has 14 heavy (non-hydrogen) atoms. The van der Waals surface area contributed by atoms with Crippen molar-refractivity contribution in [3.05, 3.63) is 35.4 Å². The number of rotatable bonds is 4. The van der Waals surface area contributed by atoms with Gasteiger partial charge in [-0.15, -0.1) is 0 Å². The van der Waals surface area contributed by atoms with Gasteiger partial charge in [0.15, 0.2) is 0 Å². The zero-order valence-corrected chi connectivity index (χ0v) is 12.8. The van der Waals surface area contributed by atoms with Crippen molar-refractivity contribution in [3.63, 3.8) is 0 Å². The Morgan fingerprint density at radius 3 is 2.43 bits per heavy atom. The second kappa shape index (κ2) is 6.03. The molecule has 0 saturated heterocycles. The Hall–Kier alpha value is 0.329. The summed E-state index contributed by atoms with van der Waals surface area (Å²) in [6, 6.07) is 8.71. The fourth-order valence-electron chi connectivity index (χ4n) is 1.45. The fourth-order valence-corrected chi connectivity index (χ4v) is 4.72. The van der Waals surface area contributed by atoms with Crippen molar-refractivity contribution in [2.45, 2.75) is 23.2 Å². The van der Waals surface area contributed by atoms with Gasteiger partial charge in [0, 0.05) is 0 Å². The third-order valence-corrected chi connectivity index (χ3v) is 5.76. The van der Waals surface area contributed by atoms with Gasteiger partial charge in [-0.1, -0.05) is 0 Å². The molecular formula is C11H17NSSn. The fraction of sp³-hybridized carbons (Fsp3) is 0.455. The monoisotopic (exact) mass is 315 g/mol. The Morgan fingerprint density at radius 2 is 1.93 bits per heavy atom. The van der Waals surface area contributed by atoms with Crippen LogP contribution in [-0.2, 0) is 0 Å². The van der Waals surface area contributed by atoms with Crippen LogP contribution >= 0.6 is 11.8 Å². The zero-order valence-electron chi connectivity index (χ0n) is 8.73. The first-order valence-corrected chi connectivity index (χ1v) is 7.83. The van der Waals surface area contributed by atoms with E-state index in [2.05, 4.69) is 38.1 Å². The molecule has 1 aromatic carbocycles. The van der Waals surface area contributed by atoms with E-state index >= 15 is 0 Å². The molecule has 0 aromatic heterocycles. The van der Waals surface area contributed by atoms with Crippen molar-refractivity contribution in [2.75, 3.05) is 5.75 Å². The van der Waals surface area contributed by atoms with Gasteiger partial charge in [0.25, 0.3) is 0 Å². The maximum atomic E-state index is 5.95. The van der Waals surface area contributed by atoms with Gasteiger partial charge in [0.2, 0.25) is 0 Å². The number of hydrogen-bond donors (Lipinski definition) is 1. The second-order valence-electron chi connectivity index (χ2n) is 3.29. The molecule has 0 spiro atoms. The molecule has 76 valence electrons. The van der Waals surface area contributed by atoms with Crippen molar-refractivity contribution in [1.82, 2.24) is 0 Å². The molecule has 1 nitrogen and oxygen atoms in total. The van der Waals surface area contributed by atoms with E-state index in [1.165, 1.54) is 39.4 Å². The molecule has 2 N–H and O–H groups in total. The molecule has 0 amide bonds. The quantitative estimate of drug-likeness (QED) is 0.864. The molecular weight excluding hydrogens is 297 g/mol. The van der Waals surface area contributed by atoms with Gasteiger partial charge >= 0.3 is 104 Å². The number of thioether (sulfide) groups is 1. The number of benzene rings is 1. The van der Waals surface area contributed by atoms with Crippen LogP contribution in [0, 0.1) is 0 Å². The molecule has 2 radical (unpaired) electrons. The summed E-state index contributed by atoms with van der Waals surface area (Å²) in [5.74, 6) is 1.18. The molecule has 2 atom stereocenters. The van der Waals surface area contributed by atoms with Gasteiger partial charge in [0.1, 0.15) is 0 Å². The first kappa shape index (κ1) is 12.4. The van der Waals surface area contributed by atoms with E-state index in [-0.39, 0.29) is 6.04 Å². The van der Waals surface area contributed by atoms with Crippen molar-refractivity contribution >= 4 is 34.3 Å². The molecule has 0 aliphatic carbocycles. The van der Waals surface area contributed by atoms with Crippen LogP contribution < -0.4 is 5.73 Å². The summed E-state index contributed by atoms with van der Waals surface area (Å²) in [7, 11) is 0. The predicted octanol–water partition coefficient (Wildman–Crippen LogP) is 2.36. The molecule has 3 heteroatoms. The Bertz CT molecular complexity index is 288. The summed E-state index contributed by atoms with van der Waals surface area (Å²) >= 11 is 3.27. The van der Waals surface area contributed by atoms with Crippen LogP contribution in [0.25, 0.3) is 0 Å². The minimum atomic E-state index is 0.151. The summed E-state index contributed by atoms with van der Waals surface area (Å²) in [4.78, 5) is 0. The Balaban J connectivity index is 2.94. The van der Waals surface area contributed by atoms with E-state index in [4.69, 9.17) is 5.73 Å². The van der Waals surface area contributed by atoms with Gasteiger partial charge in [-0.2, -0.15) is 0 Å². The Morgan fingerprint density at radius 1 is 1.36 bits per heavy atom. The molecule has 0 heterocycles. The first-order chi connectivity index (χ1) is 6.66. The topological polar surface area (TPSA) is 26.0 Å². The summed E-state index contributed by atoms with van der Waals surface area (Å²) in [6.45, 7) is 4.27. The second-order valence-corrected chi connectivity index (χ2v) is 7.99. The van der Waals surface area contributed by atoms with E-state index in [9.17, 15) is 0 Å². The van der Waals surface area contributed by atoms with E-state index < -0.39 is 0 Å². The van der Waals surface area contributed by atoms with Crippen molar-refractivity contribution in [3.8, 4) is 0 Å². The summed E-state index contributed by atoms with van der Waals surface area (Å²) in [5, 5.41) is 0. The van der Waals surface area contributed by atoms with Crippen molar-refractivity contribution in [1.29, 1.82) is 0 Å². The molecule has 1 aromatic rings. The Labute approximate surface area is 104 Å². The zero-order chi connectivity index (χ0) is 10.6. The number of hydrogen-bond acceptors (Lipinski definition) is 2. The van der Waals surface area contributed by atoms with E-state index in [0.29, 0.717) is 3.27 Å². The van der Waals surface area contributed by atoms with E-state index in [1.807, 2.05) is 11.8 Å². The van der Waals surface area contributed by atoms with Crippen LogP contribution in [0.5, 0.6) is 0 Å². The van der Waals surface area contributed by atoms with E-state index in [1.54, 1.807) is 0 Å². The predicted molar refractivity (Wildman–Crippen MR) is 67.1 cm³/mol. The third-order valence-electron chi connectivity index (χ3n) is 2.14. The van der Waals surface area contributed by atoms with Crippen LogP contribution in [0.15, 0.2) is 24.3 Å². The normalized spacial score (nSPS) is 15.1. The minimum absolute atomic E-state index is 0.151. The summed E-state index contributed by atoms with van der Waals surface area (Å²) in [6.07, 6.45) is 0. The van der Waals surface area contributed by atoms with Crippen LogP contribution in [0.4, 0.5) is 0 Å². The van der Waals surface area contributed by atoms with Crippen LogP contribution in [0.1, 0.15) is 34.3 Å². The standard InChI is InChI=1S/C11H16NS.Sn.H/c1-3-13-8-10-6-4-5-7-11(10)9(2)12;;/h4-9H,3,12H2,1-2H3;;. The SMILES string of the molecule is CCS[CH]([SnH])c1ccccc1C(C)N. The summed E-state index contributed by atoms with van der Waals surface area (Å²) in [5.41, 5.74) is 8.71. The molecule has 0 bridgehead atoms. The molecule has 0 aliphatic heterocycles. The molecule has 0 aliphatic rings. The van der Waals surface area contributed by atoms with Gasteiger partial charge < -0.3 is 0 Å². The molecule has 0 fully saturated rings. The van der Waals surface area contributed by atoms with Crippen molar-refractivity contribution < 1.29 is 0 Å². The average molecular weight is 314 g/mol. The van der Waals surface area contributed by atoms with Crippen LogP contribution in [0.3, 0.4) is 0 Å². The van der Waals surface area contributed by atoms with Crippen molar-refractivity contribution in [2.24, 2.45) is 5.73 Å². The first-order valence-electron chi connectivity index (χ1n) is 4.88. The Kier molecular flexibility index (Phi) is 5.34. The van der Waals surface area contributed by atoms with Gasteiger partial charge in [-0.25, -0.2) is 0 Å². The molecule has 0 saturated carbocycles. The van der Waals surface area contributed by atoms with Gasteiger partial charge in [-0.05, 0) is 0 Å². The van der Waals surface area contributed by atoms with Crippen LogP contribution in [0.2, 0.25) is 0 Å². The summed E-state index contributed by atoms with van der Waals surface area (Å²) < 4.78 is 0.674. The average Bonchev–Trinajstić information content (AvgIpc) is 2.18. The van der Waals surface area contributed by atoms with Gasteiger partial charge in [0.05, 0.1) is 0 Å². The van der Waals surface area contributed by atoms with E-state index in [0.717, 1.165) is 0 Å². The maximum absolute atomic E-state index is 5.95. The molecule has 2 unspecified atom stereocenters. The number of nitrogens with two attached hydrogens (primary N) is 1. The van der Waals surface area contributed by atoms with Gasteiger partial charge in [-0.3, -0.25) is 0 Å². The molecule has 1 rings (SSSR count).